The van der Waals surface area contributed by atoms with Gasteiger partial charge in [0.15, 0.2) is 0 Å². The Morgan fingerprint density at radius 2 is 1.86 bits per heavy atom. The monoisotopic (exact) mass is 284 g/mol. The number of methoxy groups -OCH3 is 1. The van der Waals surface area contributed by atoms with E-state index < -0.39 is 0 Å². The van der Waals surface area contributed by atoms with E-state index in [1.807, 2.05) is 6.07 Å². The van der Waals surface area contributed by atoms with E-state index in [4.69, 9.17) is 10.6 Å². The highest BCUT2D eigenvalue weighted by molar-refractivity contribution is 5.38. The molecule has 2 rings (SSSR count). The summed E-state index contributed by atoms with van der Waals surface area (Å²) in [6.07, 6.45) is 1.85. The maximum atomic E-state index is 5.76. The second-order valence-electron chi connectivity index (χ2n) is 5.33. The summed E-state index contributed by atoms with van der Waals surface area (Å²) in [7, 11) is 1.70. The first kappa shape index (κ1) is 15.5. The van der Waals surface area contributed by atoms with Gasteiger partial charge in [-0.25, -0.2) is 0 Å². The molecule has 0 bridgehead atoms. The second kappa shape index (κ2) is 7.25. The number of rotatable bonds is 6. The van der Waals surface area contributed by atoms with Crippen LogP contribution in [0.4, 0.5) is 0 Å². The Morgan fingerprint density at radius 1 is 1.14 bits per heavy atom. The Kier molecular flexibility index (Phi) is 5.37. The van der Waals surface area contributed by atoms with Crippen molar-refractivity contribution in [3.63, 3.8) is 0 Å². The highest BCUT2D eigenvalue weighted by atomic mass is 16.5. The SMILES string of the molecule is CCc1ccc(C(Cc2cc(C)ccc2OC)NN)cc1. The number of nitrogens with one attached hydrogen (secondary N) is 1. The number of aryl methyl sites for hydroxylation is 2. The first-order valence-electron chi connectivity index (χ1n) is 7.36. The molecule has 1 unspecified atom stereocenters. The lowest BCUT2D eigenvalue weighted by Crippen LogP contribution is -2.29. The number of hydrogen-bond donors (Lipinski definition) is 2. The maximum absolute atomic E-state index is 5.76. The fourth-order valence-corrected chi connectivity index (χ4v) is 2.55. The smallest absolute Gasteiger partial charge is 0.122 e. The van der Waals surface area contributed by atoms with Crippen molar-refractivity contribution in [2.45, 2.75) is 32.7 Å². The molecule has 112 valence electrons. The highest BCUT2D eigenvalue weighted by Gasteiger charge is 2.13. The predicted octanol–water partition coefficient (Wildman–Crippen LogP) is 3.31. The molecule has 0 saturated carbocycles. The third-order valence-corrected chi connectivity index (χ3v) is 3.85. The lowest BCUT2D eigenvalue weighted by Gasteiger charge is -2.19. The van der Waals surface area contributed by atoms with E-state index >= 15 is 0 Å². The van der Waals surface area contributed by atoms with Crippen molar-refractivity contribution in [2.75, 3.05) is 7.11 Å². The van der Waals surface area contributed by atoms with Gasteiger partial charge >= 0.3 is 0 Å². The van der Waals surface area contributed by atoms with Gasteiger partial charge in [0.25, 0.3) is 0 Å². The van der Waals surface area contributed by atoms with E-state index in [2.05, 4.69) is 55.7 Å². The van der Waals surface area contributed by atoms with Crippen molar-refractivity contribution in [3.8, 4) is 5.75 Å². The minimum atomic E-state index is 0.0756. The normalized spacial score (nSPS) is 12.2. The predicted molar refractivity (Wildman–Crippen MR) is 87.3 cm³/mol. The third-order valence-electron chi connectivity index (χ3n) is 3.85. The Morgan fingerprint density at radius 3 is 2.43 bits per heavy atom. The molecular weight excluding hydrogens is 260 g/mol. The quantitative estimate of drug-likeness (QED) is 0.632. The van der Waals surface area contributed by atoms with Crippen LogP contribution in [0.2, 0.25) is 0 Å². The third kappa shape index (κ3) is 3.84. The number of ether oxygens (including phenoxy) is 1. The highest BCUT2D eigenvalue weighted by Crippen LogP contribution is 2.26. The van der Waals surface area contributed by atoms with Crippen LogP contribution in [-0.2, 0) is 12.8 Å². The fourth-order valence-electron chi connectivity index (χ4n) is 2.55. The minimum absolute atomic E-state index is 0.0756. The molecular formula is C18H24N2O. The topological polar surface area (TPSA) is 47.3 Å². The molecule has 3 nitrogen and oxygen atoms in total. The van der Waals surface area contributed by atoms with Gasteiger partial charge in [-0.15, -0.1) is 0 Å². The fraction of sp³-hybridized carbons (Fsp3) is 0.333. The van der Waals surface area contributed by atoms with Crippen LogP contribution >= 0.6 is 0 Å². The maximum Gasteiger partial charge on any atom is 0.122 e. The van der Waals surface area contributed by atoms with Gasteiger partial charge in [0.2, 0.25) is 0 Å². The van der Waals surface area contributed by atoms with Crippen molar-refractivity contribution in [2.24, 2.45) is 5.84 Å². The molecule has 0 saturated heterocycles. The molecule has 3 N–H and O–H groups in total. The van der Waals surface area contributed by atoms with Crippen molar-refractivity contribution >= 4 is 0 Å². The molecule has 3 heteroatoms. The Labute approximate surface area is 127 Å². The largest absolute Gasteiger partial charge is 0.496 e. The molecule has 2 aromatic rings. The summed E-state index contributed by atoms with van der Waals surface area (Å²) in [5, 5.41) is 0. The summed E-state index contributed by atoms with van der Waals surface area (Å²) in [4.78, 5) is 0. The van der Waals surface area contributed by atoms with Crippen molar-refractivity contribution in [1.82, 2.24) is 5.43 Å². The minimum Gasteiger partial charge on any atom is -0.496 e. The van der Waals surface area contributed by atoms with E-state index in [9.17, 15) is 0 Å². The Hall–Kier alpha value is -1.84. The van der Waals surface area contributed by atoms with Crippen molar-refractivity contribution < 1.29 is 4.74 Å². The van der Waals surface area contributed by atoms with E-state index in [1.54, 1.807) is 7.11 Å². The van der Waals surface area contributed by atoms with E-state index in [0.717, 1.165) is 18.6 Å². The summed E-state index contributed by atoms with van der Waals surface area (Å²) in [6, 6.07) is 14.9. The van der Waals surface area contributed by atoms with Gasteiger partial charge in [-0.05, 0) is 42.5 Å². The molecule has 1 atom stereocenters. The summed E-state index contributed by atoms with van der Waals surface area (Å²) in [5.74, 6) is 6.67. The zero-order valence-corrected chi connectivity index (χ0v) is 13.0. The molecule has 0 radical (unpaired) electrons. The van der Waals surface area contributed by atoms with Gasteiger partial charge in [0.05, 0.1) is 13.2 Å². The van der Waals surface area contributed by atoms with Gasteiger partial charge in [-0.3, -0.25) is 11.3 Å². The number of nitrogens with two attached hydrogens (primary N) is 1. The van der Waals surface area contributed by atoms with Crippen LogP contribution in [0.25, 0.3) is 0 Å². The molecule has 0 fully saturated rings. The zero-order chi connectivity index (χ0) is 15.2. The molecule has 0 heterocycles. The lowest BCUT2D eigenvalue weighted by atomic mass is 9.96. The first-order valence-corrected chi connectivity index (χ1v) is 7.36. The average molecular weight is 284 g/mol. The van der Waals surface area contributed by atoms with Crippen LogP contribution in [0, 0.1) is 6.92 Å². The van der Waals surface area contributed by atoms with Gasteiger partial charge in [0.1, 0.15) is 5.75 Å². The van der Waals surface area contributed by atoms with E-state index in [-0.39, 0.29) is 6.04 Å². The zero-order valence-electron chi connectivity index (χ0n) is 13.0. The lowest BCUT2D eigenvalue weighted by molar-refractivity contribution is 0.405. The van der Waals surface area contributed by atoms with Crippen LogP contribution in [0.1, 0.15) is 35.2 Å². The molecule has 0 amide bonds. The summed E-state index contributed by atoms with van der Waals surface area (Å²) in [6.45, 7) is 4.25. The van der Waals surface area contributed by atoms with Crippen molar-refractivity contribution in [1.29, 1.82) is 0 Å². The molecule has 0 spiro atoms. The van der Waals surface area contributed by atoms with Crippen molar-refractivity contribution in [3.05, 3.63) is 64.7 Å². The van der Waals surface area contributed by atoms with Gasteiger partial charge in [-0.1, -0.05) is 48.9 Å². The van der Waals surface area contributed by atoms with Gasteiger partial charge in [-0.2, -0.15) is 0 Å². The first-order chi connectivity index (χ1) is 10.2. The molecule has 21 heavy (non-hydrogen) atoms. The van der Waals surface area contributed by atoms with Gasteiger partial charge in [0, 0.05) is 0 Å². The van der Waals surface area contributed by atoms with Gasteiger partial charge < -0.3 is 4.74 Å². The standard InChI is InChI=1S/C18H24N2O/c1-4-14-6-8-15(9-7-14)17(20-19)12-16-11-13(2)5-10-18(16)21-3/h5-11,17,20H,4,12,19H2,1-3H3. The van der Waals surface area contributed by atoms with Crippen LogP contribution in [-0.4, -0.2) is 7.11 Å². The molecule has 0 aliphatic rings. The number of hydrazine groups is 1. The van der Waals surface area contributed by atoms with E-state index in [0.29, 0.717) is 0 Å². The Balaban J connectivity index is 2.23. The molecule has 0 aromatic heterocycles. The molecule has 0 aliphatic heterocycles. The molecule has 0 aliphatic carbocycles. The number of benzene rings is 2. The second-order valence-corrected chi connectivity index (χ2v) is 5.33. The van der Waals surface area contributed by atoms with E-state index in [1.165, 1.54) is 22.3 Å². The van der Waals surface area contributed by atoms with Crippen LogP contribution in [0.15, 0.2) is 42.5 Å². The summed E-state index contributed by atoms with van der Waals surface area (Å²) >= 11 is 0. The van der Waals surface area contributed by atoms with Crippen LogP contribution in [0.5, 0.6) is 5.75 Å². The Bertz CT molecular complexity index is 578. The average Bonchev–Trinajstić information content (AvgIpc) is 2.53. The van der Waals surface area contributed by atoms with Crippen LogP contribution in [0.3, 0.4) is 0 Å². The van der Waals surface area contributed by atoms with Crippen LogP contribution < -0.4 is 16.0 Å². The summed E-state index contributed by atoms with van der Waals surface area (Å²) < 4.78 is 5.45. The summed E-state index contributed by atoms with van der Waals surface area (Å²) in [5.41, 5.74) is 7.84. The number of hydrogen-bond acceptors (Lipinski definition) is 3. The molecule has 2 aromatic carbocycles.